The van der Waals surface area contributed by atoms with Gasteiger partial charge >= 0.3 is 0 Å². The van der Waals surface area contributed by atoms with Gasteiger partial charge in [-0.05, 0) is 31.7 Å². The van der Waals surface area contributed by atoms with Gasteiger partial charge < -0.3 is 29.5 Å². The van der Waals surface area contributed by atoms with Crippen molar-refractivity contribution in [1.29, 1.82) is 0 Å². The third-order valence-electron chi connectivity index (χ3n) is 11.1. The van der Waals surface area contributed by atoms with E-state index in [0.717, 1.165) is 32.4 Å². The molecule has 7 nitrogen and oxygen atoms in total. The molecular formula is C24H39NO6. The van der Waals surface area contributed by atoms with Crippen LogP contribution in [-0.2, 0) is 14.2 Å². The molecule has 0 amide bonds. The molecule has 1 heterocycles. The second-order valence-corrected chi connectivity index (χ2v) is 11.6. The Hall–Kier alpha value is -0.280. The highest BCUT2D eigenvalue weighted by molar-refractivity contribution is 5.35. The first-order valence-corrected chi connectivity index (χ1v) is 12.2. The largest absolute Gasteiger partial charge is 0.392 e. The second kappa shape index (κ2) is 6.65. The first kappa shape index (κ1) is 21.3. The molecule has 6 fully saturated rings. The Bertz CT molecular complexity index is 752. The van der Waals surface area contributed by atoms with Crippen LogP contribution in [0, 0.1) is 40.4 Å². The molecule has 0 aromatic rings. The zero-order valence-electron chi connectivity index (χ0n) is 19.2. The summed E-state index contributed by atoms with van der Waals surface area (Å²) in [4.78, 5) is 2.52. The van der Waals surface area contributed by atoms with Crippen molar-refractivity contribution >= 4 is 0 Å². The third-order valence-corrected chi connectivity index (χ3v) is 11.1. The highest BCUT2D eigenvalue weighted by Crippen LogP contribution is 2.79. The lowest BCUT2D eigenvalue weighted by Crippen LogP contribution is -2.76. The Balaban J connectivity index is 1.62. The molecule has 7 heteroatoms. The van der Waals surface area contributed by atoms with Gasteiger partial charge in [-0.2, -0.15) is 0 Å². The topological polar surface area (TPSA) is 91.6 Å². The second-order valence-electron chi connectivity index (χ2n) is 11.6. The molecule has 1 saturated heterocycles. The average molecular weight is 438 g/mol. The van der Waals surface area contributed by atoms with Crippen molar-refractivity contribution in [2.75, 3.05) is 41.0 Å². The number of methoxy groups -OCH3 is 3. The predicted molar refractivity (Wildman–Crippen MR) is 112 cm³/mol. The van der Waals surface area contributed by atoms with Gasteiger partial charge in [0.15, 0.2) is 0 Å². The van der Waals surface area contributed by atoms with Gasteiger partial charge in [0.2, 0.25) is 0 Å². The van der Waals surface area contributed by atoms with Crippen LogP contribution in [0.5, 0.6) is 0 Å². The van der Waals surface area contributed by atoms with Crippen LogP contribution >= 0.6 is 0 Å². The minimum atomic E-state index is -1.05. The molecule has 2 unspecified atom stereocenters. The van der Waals surface area contributed by atoms with Gasteiger partial charge in [-0.15, -0.1) is 0 Å². The fourth-order valence-electron chi connectivity index (χ4n) is 10.7. The number of hydrogen-bond donors (Lipinski definition) is 3. The van der Waals surface area contributed by atoms with Crippen LogP contribution in [0.25, 0.3) is 0 Å². The summed E-state index contributed by atoms with van der Waals surface area (Å²) in [7, 11) is 5.24. The monoisotopic (exact) mass is 437 g/mol. The van der Waals surface area contributed by atoms with E-state index in [-0.39, 0.29) is 58.7 Å². The van der Waals surface area contributed by atoms with Gasteiger partial charge in [0.05, 0.1) is 36.6 Å². The summed E-state index contributed by atoms with van der Waals surface area (Å²) in [6.45, 7) is 4.63. The summed E-state index contributed by atoms with van der Waals surface area (Å²) in [5, 5.41) is 35.7. The molecule has 1 aliphatic heterocycles. The number of rotatable bonds is 5. The van der Waals surface area contributed by atoms with E-state index in [4.69, 9.17) is 14.2 Å². The highest BCUT2D eigenvalue weighted by atomic mass is 16.5. The van der Waals surface area contributed by atoms with Crippen molar-refractivity contribution in [3.05, 3.63) is 0 Å². The minimum Gasteiger partial charge on any atom is -0.392 e. The molecule has 5 aliphatic carbocycles. The SMILES string of the molecule is CCN1C[C@]2(COC)CC[C@H](O)[C@@]34[C@@H]5C[C@H]6[C@H](O)[C@@H]5[C@](O)(C[C@@H]6OC)C(C(OC)[C@H]23)[C@@H]14. The van der Waals surface area contributed by atoms with Crippen LogP contribution in [0.2, 0.25) is 0 Å². The first-order valence-electron chi connectivity index (χ1n) is 12.2. The fourth-order valence-corrected chi connectivity index (χ4v) is 10.7. The van der Waals surface area contributed by atoms with Crippen molar-refractivity contribution in [2.24, 2.45) is 40.4 Å². The molecular weight excluding hydrogens is 398 g/mol. The summed E-state index contributed by atoms with van der Waals surface area (Å²) in [5.41, 5.74) is -1.54. The van der Waals surface area contributed by atoms with Gasteiger partial charge in [-0.3, -0.25) is 4.90 Å². The maximum absolute atomic E-state index is 12.5. The molecule has 6 rings (SSSR count). The van der Waals surface area contributed by atoms with E-state index in [1.807, 2.05) is 0 Å². The van der Waals surface area contributed by atoms with Gasteiger partial charge in [-0.25, -0.2) is 0 Å². The number of aliphatic hydroxyl groups excluding tert-OH is 2. The van der Waals surface area contributed by atoms with E-state index in [1.54, 1.807) is 21.3 Å². The number of hydrogen-bond acceptors (Lipinski definition) is 7. The summed E-state index contributed by atoms with van der Waals surface area (Å²) >= 11 is 0. The van der Waals surface area contributed by atoms with Crippen LogP contribution in [0.1, 0.15) is 32.6 Å². The zero-order chi connectivity index (χ0) is 21.9. The molecule has 0 radical (unpaired) electrons. The first-order chi connectivity index (χ1) is 14.9. The maximum Gasteiger partial charge on any atom is 0.0796 e. The summed E-state index contributed by atoms with van der Waals surface area (Å²) in [5.74, 6) is -0.168. The van der Waals surface area contributed by atoms with E-state index in [0.29, 0.717) is 13.0 Å². The molecule has 0 aromatic heterocycles. The number of fused-ring (bicyclic) bond motifs is 2. The average Bonchev–Trinajstić information content (AvgIpc) is 3.16. The summed E-state index contributed by atoms with van der Waals surface area (Å²) < 4.78 is 18.0. The fraction of sp³-hybridized carbons (Fsp3) is 1.00. The minimum absolute atomic E-state index is 0.0248. The summed E-state index contributed by atoms with van der Waals surface area (Å²) in [6.07, 6.45) is 1.65. The molecule has 31 heavy (non-hydrogen) atoms. The van der Waals surface area contributed by atoms with Gasteiger partial charge in [0.25, 0.3) is 0 Å². The predicted octanol–water partition coefficient (Wildman–Crippen LogP) is 0.502. The number of piperidine rings is 1. The Kier molecular flexibility index (Phi) is 4.56. The van der Waals surface area contributed by atoms with E-state index in [1.165, 1.54) is 0 Å². The van der Waals surface area contributed by atoms with Gasteiger partial charge in [-0.1, -0.05) is 6.92 Å². The van der Waals surface area contributed by atoms with Crippen molar-refractivity contribution in [2.45, 2.75) is 68.7 Å². The van der Waals surface area contributed by atoms with E-state index in [2.05, 4.69) is 11.8 Å². The molecule has 7 bridgehead atoms. The Labute approximate surface area is 185 Å². The lowest BCUT2D eigenvalue weighted by atomic mass is 9.43. The smallest absolute Gasteiger partial charge is 0.0796 e. The lowest BCUT2D eigenvalue weighted by Gasteiger charge is -2.68. The van der Waals surface area contributed by atoms with Crippen molar-refractivity contribution in [1.82, 2.24) is 4.90 Å². The van der Waals surface area contributed by atoms with E-state index in [9.17, 15) is 15.3 Å². The van der Waals surface area contributed by atoms with E-state index < -0.39 is 17.8 Å². The van der Waals surface area contributed by atoms with Crippen LogP contribution in [0.15, 0.2) is 0 Å². The van der Waals surface area contributed by atoms with Gasteiger partial charge in [0.1, 0.15) is 0 Å². The highest BCUT2D eigenvalue weighted by Gasteiger charge is 2.86. The van der Waals surface area contributed by atoms with Crippen molar-refractivity contribution in [3.63, 3.8) is 0 Å². The number of likely N-dealkylation sites (tertiary alicyclic amines) is 1. The molecule has 1 spiro atoms. The molecule has 6 aliphatic rings. The zero-order valence-corrected chi connectivity index (χ0v) is 19.2. The molecule has 176 valence electrons. The normalized spacial score (nSPS) is 61.6. The van der Waals surface area contributed by atoms with Crippen LogP contribution in [0.3, 0.4) is 0 Å². The lowest BCUT2D eigenvalue weighted by molar-refractivity contribution is -0.272. The quantitative estimate of drug-likeness (QED) is 0.577. The van der Waals surface area contributed by atoms with Crippen molar-refractivity contribution in [3.8, 4) is 0 Å². The van der Waals surface area contributed by atoms with Crippen molar-refractivity contribution < 1.29 is 29.5 Å². The summed E-state index contributed by atoms with van der Waals surface area (Å²) in [6, 6.07) is 0.0561. The van der Waals surface area contributed by atoms with E-state index >= 15 is 0 Å². The standard InChI is InChI=1S/C24H39NO6/c1-5-25-10-22(11-29-2)7-6-15(26)24-13-8-12-14(30-3)9-23(28,16(13)18(12)27)17(21(24)25)19(31-4)20(22)24/h12-21,26-28H,5-11H2,1-4H3/t12-,13-,14+,15+,16-,17?,18+,19?,20-,21-,22+,23-,24+/m1/s1. The number of ether oxygens (including phenoxy) is 3. The number of nitrogens with zero attached hydrogens (tertiary/aromatic N) is 1. The maximum atomic E-state index is 12.5. The van der Waals surface area contributed by atoms with Gasteiger partial charge in [0, 0.05) is 74.8 Å². The van der Waals surface area contributed by atoms with Crippen LogP contribution < -0.4 is 0 Å². The molecule has 5 saturated carbocycles. The third kappa shape index (κ3) is 2.12. The molecule has 13 atom stereocenters. The Morgan fingerprint density at radius 1 is 1.10 bits per heavy atom. The van der Waals surface area contributed by atoms with Crippen LogP contribution in [-0.4, -0.2) is 97.3 Å². The Morgan fingerprint density at radius 2 is 1.87 bits per heavy atom. The van der Waals surface area contributed by atoms with Crippen LogP contribution in [0.4, 0.5) is 0 Å². The molecule has 0 aromatic carbocycles. The molecule has 3 N–H and O–H groups in total. The number of aliphatic hydroxyl groups is 3. The Morgan fingerprint density at radius 3 is 2.52 bits per heavy atom.